The third-order valence-electron chi connectivity index (χ3n) is 3.59. The van der Waals surface area contributed by atoms with Crippen molar-refractivity contribution in [2.75, 3.05) is 13.1 Å². The van der Waals surface area contributed by atoms with E-state index in [4.69, 9.17) is 0 Å². The largest absolute Gasteiger partial charge is 0.342 e. The fourth-order valence-electron chi connectivity index (χ4n) is 2.63. The molecular formula is C16H20N2O. The lowest BCUT2D eigenvalue weighted by Gasteiger charge is -2.16. The van der Waals surface area contributed by atoms with Crippen LogP contribution in [0.2, 0.25) is 0 Å². The standard InChI is InChI=1S/C16H20N2O/c1-4-17-12(3)14-8-6-7-9-15(14)13-10-16(19)18(5-2)11-13/h4,6-9,13H,3,5,10-11H2,1-2H3. The van der Waals surface area contributed by atoms with Gasteiger partial charge in [-0.15, -0.1) is 0 Å². The number of amides is 1. The fraction of sp³-hybridized carbons (Fsp3) is 0.375. The van der Waals surface area contributed by atoms with Crippen LogP contribution in [0.25, 0.3) is 5.70 Å². The predicted molar refractivity (Wildman–Crippen MR) is 79.3 cm³/mol. The van der Waals surface area contributed by atoms with Crippen LogP contribution in [-0.4, -0.2) is 30.1 Å². The summed E-state index contributed by atoms with van der Waals surface area (Å²) in [5.74, 6) is 0.499. The highest BCUT2D eigenvalue weighted by molar-refractivity contribution is 5.81. The molecule has 3 heteroatoms. The zero-order valence-electron chi connectivity index (χ0n) is 11.6. The van der Waals surface area contributed by atoms with E-state index in [1.54, 1.807) is 6.21 Å². The fourth-order valence-corrected chi connectivity index (χ4v) is 2.63. The molecule has 1 aliphatic heterocycles. The van der Waals surface area contributed by atoms with Gasteiger partial charge in [-0.05, 0) is 19.4 Å². The Morgan fingerprint density at radius 2 is 2.26 bits per heavy atom. The molecule has 1 atom stereocenters. The first-order chi connectivity index (χ1) is 9.17. The number of carbonyl (C=O) groups is 1. The van der Waals surface area contributed by atoms with Gasteiger partial charge in [0, 0.05) is 37.2 Å². The van der Waals surface area contributed by atoms with Crippen molar-refractivity contribution < 1.29 is 4.79 Å². The van der Waals surface area contributed by atoms with E-state index >= 15 is 0 Å². The first-order valence-electron chi connectivity index (χ1n) is 6.72. The molecule has 3 nitrogen and oxygen atoms in total. The molecule has 1 fully saturated rings. The molecule has 0 bridgehead atoms. The Morgan fingerprint density at radius 3 is 2.89 bits per heavy atom. The molecule has 1 aliphatic rings. The van der Waals surface area contributed by atoms with Crippen molar-refractivity contribution >= 4 is 17.8 Å². The van der Waals surface area contributed by atoms with Crippen molar-refractivity contribution in [3.8, 4) is 0 Å². The van der Waals surface area contributed by atoms with Crippen molar-refractivity contribution in [1.29, 1.82) is 0 Å². The van der Waals surface area contributed by atoms with Crippen LogP contribution in [-0.2, 0) is 4.79 Å². The lowest BCUT2D eigenvalue weighted by atomic mass is 9.92. The summed E-state index contributed by atoms with van der Waals surface area (Å²) in [7, 11) is 0. The molecule has 2 rings (SSSR count). The van der Waals surface area contributed by atoms with Gasteiger partial charge >= 0.3 is 0 Å². The summed E-state index contributed by atoms with van der Waals surface area (Å²) in [5, 5.41) is 0. The van der Waals surface area contributed by atoms with Crippen molar-refractivity contribution in [3.05, 3.63) is 42.0 Å². The number of likely N-dealkylation sites (N-methyl/N-ethyl adjacent to an activating group) is 1. The van der Waals surface area contributed by atoms with Crippen LogP contribution >= 0.6 is 0 Å². The average Bonchev–Trinajstić information content (AvgIpc) is 2.80. The summed E-state index contributed by atoms with van der Waals surface area (Å²) in [6, 6.07) is 8.12. The normalized spacial score (nSPS) is 19.4. The second-order valence-corrected chi connectivity index (χ2v) is 4.75. The molecule has 1 amide bonds. The Balaban J connectivity index is 2.31. The second-order valence-electron chi connectivity index (χ2n) is 4.75. The van der Waals surface area contributed by atoms with Crippen LogP contribution in [0.4, 0.5) is 0 Å². The Morgan fingerprint density at radius 1 is 1.53 bits per heavy atom. The molecule has 0 radical (unpaired) electrons. The summed E-state index contributed by atoms with van der Waals surface area (Å²) < 4.78 is 0. The molecule has 1 unspecified atom stereocenters. The molecule has 1 saturated heterocycles. The molecule has 1 heterocycles. The number of hydrogen-bond donors (Lipinski definition) is 0. The topological polar surface area (TPSA) is 32.7 Å². The predicted octanol–water partition coefficient (Wildman–Crippen LogP) is 3.08. The van der Waals surface area contributed by atoms with Gasteiger partial charge in [-0.25, -0.2) is 0 Å². The van der Waals surface area contributed by atoms with E-state index in [0.717, 1.165) is 24.4 Å². The minimum Gasteiger partial charge on any atom is -0.342 e. The van der Waals surface area contributed by atoms with Crippen molar-refractivity contribution in [2.24, 2.45) is 4.99 Å². The van der Waals surface area contributed by atoms with Crippen LogP contribution < -0.4 is 0 Å². The molecule has 0 aliphatic carbocycles. The van der Waals surface area contributed by atoms with E-state index in [2.05, 4.69) is 17.6 Å². The molecule has 100 valence electrons. The number of nitrogens with zero attached hydrogens (tertiary/aromatic N) is 2. The quantitative estimate of drug-likeness (QED) is 0.762. The minimum absolute atomic E-state index is 0.243. The van der Waals surface area contributed by atoms with Gasteiger partial charge in [0.2, 0.25) is 5.91 Å². The average molecular weight is 256 g/mol. The number of aliphatic imine (C=N–C) groups is 1. The summed E-state index contributed by atoms with van der Waals surface area (Å²) >= 11 is 0. The molecule has 1 aromatic carbocycles. The maximum atomic E-state index is 11.9. The molecule has 19 heavy (non-hydrogen) atoms. The van der Waals surface area contributed by atoms with Gasteiger partial charge in [0.05, 0.1) is 5.70 Å². The molecule has 0 aromatic heterocycles. The van der Waals surface area contributed by atoms with Crippen LogP contribution in [0, 0.1) is 0 Å². The van der Waals surface area contributed by atoms with Gasteiger partial charge < -0.3 is 4.90 Å². The SMILES string of the molecule is C=C(N=CC)c1ccccc1C1CC(=O)N(CC)C1. The van der Waals surface area contributed by atoms with E-state index in [9.17, 15) is 4.79 Å². The Bertz CT molecular complexity index is 519. The third-order valence-corrected chi connectivity index (χ3v) is 3.59. The van der Waals surface area contributed by atoms with Gasteiger partial charge in [0.25, 0.3) is 0 Å². The Kier molecular flexibility index (Phi) is 4.15. The van der Waals surface area contributed by atoms with Gasteiger partial charge in [0.1, 0.15) is 0 Å². The highest BCUT2D eigenvalue weighted by Crippen LogP contribution is 2.32. The highest BCUT2D eigenvalue weighted by atomic mass is 16.2. The Hall–Kier alpha value is -1.90. The molecular weight excluding hydrogens is 236 g/mol. The zero-order chi connectivity index (χ0) is 13.8. The number of likely N-dealkylation sites (tertiary alicyclic amines) is 1. The van der Waals surface area contributed by atoms with E-state index in [-0.39, 0.29) is 11.8 Å². The lowest BCUT2D eigenvalue weighted by Crippen LogP contribution is -2.24. The lowest BCUT2D eigenvalue weighted by molar-refractivity contribution is -0.127. The third kappa shape index (κ3) is 2.75. The monoisotopic (exact) mass is 256 g/mol. The minimum atomic E-state index is 0.243. The van der Waals surface area contributed by atoms with E-state index < -0.39 is 0 Å². The van der Waals surface area contributed by atoms with E-state index in [1.807, 2.05) is 36.9 Å². The summed E-state index contributed by atoms with van der Waals surface area (Å²) in [4.78, 5) is 18.0. The first-order valence-corrected chi connectivity index (χ1v) is 6.72. The van der Waals surface area contributed by atoms with Gasteiger partial charge in [-0.1, -0.05) is 30.8 Å². The van der Waals surface area contributed by atoms with E-state index in [1.165, 1.54) is 5.56 Å². The maximum absolute atomic E-state index is 11.9. The van der Waals surface area contributed by atoms with E-state index in [0.29, 0.717) is 6.42 Å². The zero-order valence-corrected chi connectivity index (χ0v) is 11.6. The van der Waals surface area contributed by atoms with Gasteiger partial charge in [-0.2, -0.15) is 0 Å². The smallest absolute Gasteiger partial charge is 0.223 e. The molecule has 0 saturated carbocycles. The number of rotatable bonds is 4. The van der Waals surface area contributed by atoms with Crippen LogP contribution in [0.1, 0.15) is 37.3 Å². The van der Waals surface area contributed by atoms with Gasteiger partial charge in [0.15, 0.2) is 0 Å². The number of carbonyl (C=O) groups excluding carboxylic acids is 1. The summed E-state index contributed by atoms with van der Waals surface area (Å²) in [6.45, 7) is 9.49. The maximum Gasteiger partial charge on any atom is 0.223 e. The summed E-state index contributed by atoms with van der Waals surface area (Å²) in [5.41, 5.74) is 3.00. The molecule has 1 aromatic rings. The van der Waals surface area contributed by atoms with Crippen LogP contribution in [0.5, 0.6) is 0 Å². The molecule has 0 spiro atoms. The second kappa shape index (κ2) is 5.83. The van der Waals surface area contributed by atoms with Crippen molar-refractivity contribution in [3.63, 3.8) is 0 Å². The highest BCUT2D eigenvalue weighted by Gasteiger charge is 2.30. The Labute approximate surface area is 114 Å². The first kappa shape index (κ1) is 13.5. The molecule has 0 N–H and O–H groups in total. The summed E-state index contributed by atoms with van der Waals surface area (Å²) in [6.07, 6.45) is 2.34. The van der Waals surface area contributed by atoms with Gasteiger partial charge in [-0.3, -0.25) is 9.79 Å². The van der Waals surface area contributed by atoms with Crippen LogP contribution in [0.3, 0.4) is 0 Å². The number of hydrogen-bond acceptors (Lipinski definition) is 2. The van der Waals surface area contributed by atoms with Crippen molar-refractivity contribution in [1.82, 2.24) is 4.90 Å². The van der Waals surface area contributed by atoms with Crippen molar-refractivity contribution in [2.45, 2.75) is 26.2 Å². The van der Waals surface area contributed by atoms with Crippen LogP contribution in [0.15, 0.2) is 35.8 Å². The number of benzene rings is 1.